The zero-order valence-corrected chi connectivity index (χ0v) is 18.9. The van der Waals surface area contributed by atoms with Crippen LogP contribution in [0.3, 0.4) is 0 Å². The average molecular weight is 444 g/mol. The minimum atomic E-state index is -0.406. The van der Waals surface area contributed by atoms with Gasteiger partial charge in [0.15, 0.2) is 11.5 Å². The Balaban J connectivity index is 1.54. The zero-order valence-electron chi connectivity index (χ0n) is 18.9. The van der Waals surface area contributed by atoms with Gasteiger partial charge < -0.3 is 14.6 Å². The van der Waals surface area contributed by atoms with E-state index in [2.05, 4.69) is 15.6 Å². The van der Waals surface area contributed by atoms with Crippen molar-refractivity contribution in [2.45, 2.75) is 27.3 Å². The lowest BCUT2D eigenvalue weighted by molar-refractivity contribution is 0.0599. The highest BCUT2D eigenvalue weighted by Crippen LogP contribution is 2.24. The fraction of sp³-hybridized carbons (Fsp3) is 0.200. The van der Waals surface area contributed by atoms with E-state index in [1.54, 1.807) is 22.9 Å². The van der Waals surface area contributed by atoms with Crippen LogP contribution in [0.1, 0.15) is 43.4 Å². The summed E-state index contributed by atoms with van der Waals surface area (Å²) in [6.45, 7) is 6.03. The lowest BCUT2D eigenvalue weighted by Gasteiger charge is -2.10. The molecule has 33 heavy (non-hydrogen) atoms. The molecule has 2 aromatic heterocycles. The molecule has 8 nitrogen and oxygen atoms in total. The van der Waals surface area contributed by atoms with Crippen molar-refractivity contribution in [3.8, 4) is 11.3 Å². The highest BCUT2D eigenvalue weighted by Gasteiger charge is 2.20. The van der Waals surface area contributed by atoms with Crippen molar-refractivity contribution in [1.82, 2.24) is 14.9 Å². The molecule has 2 heterocycles. The van der Waals surface area contributed by atoms with Crippen LogP contribution in [-0.4, -0.2) is 33.9 Å². The van der Waals surface area contributed by atoms with E-state index in [4.69, 9.17) is 9.26 Å². The largest absolute Gasteiger partial charge is 0.465 e. The summed E-state index contributed by atoms with van der Waals surface area (Å²) >= 11 is 0. The van der Waals surface area contributed by atoms with Crippen molar-refractivity contribution in [2.75, 3.05) is 12.4 Å². The molecule has 1 amide bonds. The van der Waals surface area contributed by atoms with Crippen LogP contribution in [0.2, 0.25) is 0 Å². The number of benzene rings is 2. The molecule has 0 bridgehead atoms. The van der Waals surface area contributed by atoms with E-state index >= 15 is 0 Å². The van der Waals surface area contributed by atoms with Gasteiger partial charge in [0.2, 0.25) is 0 Å². The predicted molar refractivity (Wildman–Crippen MR) is 123 cm³/mol. The smallest absolute Gasteiger partial charge is 0.338 e. The quantitative estimate of drug-likeness (QED) is 0.438. The number of nitrogens with one attached hydrogen (secondary N) is 1. The molecule has 0 fully saturated rings. The summed E-state index contributed by atoms with van der Waals surface area (Å²) in [4.78, 5) is 24.9. The van der Waals surface area contributed by atoms with Gasteiger partial charge in [-0.3, -0.25) is 9.48 Å². The van der Waals surface area contributed by atoms with Crippen molar-refractivity contribution in [3.05, 3.63) is 88.4 Å². The molecule has 2 aromatic carbocycles. The van der Waals surface area contributed by atoms with Gasteiger partial charge in [-0.15, -0.1) is 0 Å². The van der Waals surface area contributed by atoms with E-state index in [1.165, 1.54) is 7.11 Å². The molecular weight excluding hydrogens is 420 g/mol. The van der Waals surface area contributed by atoms with Crippen LogP contribution < -0.4 is 5.32 Å². The number of carbonyl (C=O) groups excluding carboxylic acids is 2. The number of anilines is 1. The molecule has 0 aliphatic carbocycles. The molecule has 0 unspecified atom stereocenters. The Labute approximate surface area is 191 Å². The molecule has 0 saturated heterocycles. The molecule has 8 heteroatoms. The lowest BCUT2D eigenvalue weighted by atomic mass is 10.1. The van der Waals surface area contributed by atoms with E-state index in [0.717, 1.165) is 22.4 Å². The van der Waals surface area contributed by atoms with Crippen LogP contribution in [0.5, 0.6) is 0 Å². The third-order valence-electron chi connectivity index (χ3n) is 5.44. The Morgan fingerprint density at radius 1 is 1.06 bits per heavy atom. The first kappa shape index (κ1) is 22.0. The van der Waals surface area contributed by atoms with E-state index in [1.807, 2.05) is 57.2 Å². The number of carbonyl (C=O) groups is 2. The van der Waals surface area contributed by atoms with Gasteiger partial charge in [0.05, 0.1) is 36.3 Å². The van der Waals surface area contributed by atoms with Gasteiger partial charge in [0.25, 0.3) is 5.91 Å². The summed E-state index contributed by atoms with van der Waals surface area (Å²) in [5.41, 5.74) is 5.39. The van der Waals surface area contributed by atoms with Crippen molar-refractivity contribution < 1.29 is 18.8 Å². The van der Waals surface area contributed by atoms with E-state index in [-0.39, 0.29) is 5.69 Å². The number of esters is 1. The molecule has 1 N–H and O–H groups in total. The maximum Gasteiger partial charge on any atom is 0.338 e. The first-order valence-electron chi connectivity index (χ1n) is 10.4. The molecule has 168 valence electrons. The normalized spacial score (nSPS) is 10.8. The van der Waals surface area contributed by atoms with Crippen molar-refractivity contribution in [1.29, 1.82) is 0 Å². The number of hydrogen-bond acceptors (Lipinski definition) is 6. The number of ether oxygens (including phenoxy) is 1. The molecular formula is C25H24N4O4. The predicted octanol–water partition coefficient (Wildman–Crippen LogP) is 4.55. The van der Waals surface area contributed by atoms with Crippen LogP contribution in [-0.2, 0) is 11.3 Å². The molecule has 0 saturated carbocycles. The van der Waals surface area contributed by atoms with Crippen LogP contribution in [0.25, 0.3) is 11.3 Å². The van der Waals surface area contributed by atoms with Crippen molar-refractivity contribution in [2.24, 2.45) is 0 Å². The molecule has 4 rings (SSSR count). The highest BCUT2D eigenvalue weighted by molar-refractivity contribution is 6.04. The van der Waals surface area contributed by atoms with Crippen LogP contribution in [0, 0.1) is 20.8 Å². The fourth-order valence-corrected chi connectivity index (χ4v) is 3.57. The van der Waals surface area contributed by atoms with E-state index in [9.17, 15) is 9.59 Å². The number of amides is 1. The minimum absolute atomic E-state index is 0.174. The topological polar surface area (TPSA) is 99.2 Å². The molecule has 0 atom stereocenters. The maximum absolute atomic E-state index is 12.8. The fourth-order valence-electron chi connectivity index (χ4n) is 3.57. The van der Waals surface area contributed by atoms with Crippen molar-refractivity contribution >= 4 is 17.6 Å². The van der Waals surface area contributed by atoms with Gasteiger partial charge in [0.1, 0.15) is 0 Å². The second-order valence-electron chi connectivity index (χ2n) is 7.75. The first-order chi connectivity index (χ1) is 15.9. The summed E-state index contributed by atoms with van der Waals surface area (Å²) in [5.74, 6) is -0.280. The van der Waals surface area contributed by atoms with Gasteiger partial charge in [0, 0.05) is 11.6 Å². The third kappa shape index (κ3) is 4.55. The number of nitrogens with zero attached hydrogens (tertiary/aromatic N) is 3. The van der Waals surface area contributed by atoms with Crippen molar-refractivity contribution in [3.63, 3.8) is 0 Å². The molecule has 0 aliphatic rings. The monoisotopic (exact) mass is 444 g/mol. The Morgan fingerprint density at radius 2 is 1.79 bits per heavy atom. The Hall–Kier alpha value is -4.20. The van der Waals surface area contributed by atoms with Gasteiger partial charge in [-0.25, -0.2) is 4.79 Å². The SMILES string of the molecule is COC(=O)c1ccccc1Cn1nc(C)c(NC(=O)c2cc(-c3ccc(C)cc3)on2)c1C. The standard InChI is InChI=1S/C25H24N4O4/c1-15-9-11-18(12-10-15)22-13-21(28-33-22)24(30)26-23-16(2)27-29(17(23)3)14-19-7-5-6-8-20(19)25(31)32-4/h5-13H,14H2,1-4H3,(H,26,30). The van der Waals surface area contributed by atoms with Crippen LogP contribution in [0.15, 0.2) is 59.1 Å². The number of rotatable bonds is 6. The number of methoxy groups -OCH3 is 1. The summed E-state index contributed by atoms with van der Waals surface area (Å²) in [6.07, 6.45) is 0. The van der Waals surface area contributed by atoms with Gasteiger partial charge in [-0.2, -0.15) is 5.10 Å². The van der Waals surface area contributed by atoms with E-state index < -0.39 is 11.9 Å². The highest BCUT2D eigenvalue weighted by atomic mass is 16.5. The maximum atomic E-state index is 12.8. The summed E-state index contributed by atoms with van der Waals surface area (Å²) in [7, 11) is 1.35. The number of aryl methyl sites for hydroxylation is 2. The Kier molecular flexibility index (Phi) is 6.08. The average Bonchev–Trinajstić information content (AvgIpc) is 3.41. The van der Waals surface area contributed by atoms with E-state index in [0.29, 0.717) is 29.2 Å². The Bertz CT molecular complexity index is 1320. The molecule has 4 aromatic rings. The lowest BCUT2D eigenvalue weighted by Crippen LogP contribution is -2.14. The first-order valence-corrected chi connectivity index (χ1v) is 10.4. The zero-order chi connectivity index (χ0) is 23.5. The molecule has 0 aliphatic heterocycles. The summed E-state index contributed by atoms with van der Waals surface area (Å²) in [6, 6.07) is 16.6. The molecule has 0 radical (unpaired) electrons. The second-order valence-corrected chi connectivity index (χ2v) is 7.75. The number of hydrogen-bond donors (Lipinski definition) is 1. The van der Waals surface area contributed by atoms with Gasteiger partial charge in [-0.05, 0) is 32.4 Å². The van der Waals surface area contributed by atoms with Crippen LogP contribution >= 0.6 is 0 Å². The molecule has 0 spiro atoms. The van der Waals surface area contributed by atoms with Gasteiger partial charge in [-0.1, -0.05) is 53.2 Å². The van der Waals surface area contributed by atoms with Gasteiger partial charge >= 0.3 is 5.97 Å². The summed E-state index contributed by atoms with van der Waals surface area (Å²) in [5, 5.41) is 11.4. The third-order valence-corrected chi connectivity index (χ3v) is 5.44. The Morgan fingerprint density at radius 3 is 2.52 bits per heavy atom. The second kappa shape index (κ2) is 9.12. The summed E-state index contributed by atoms with van der Waals surface area (Å²) < 4.78 is 12.0. The number of aromatic nitrogens is 3. The van der Waals surface area contributed by atoms with Crippen LogP contribution in [0.4, 0.5) is 5.69 Å². The minimum Gasteiger partial charge on any atom is -0.465 e.